The van der Waals surface area contributed by atoms with Crippen molar-refractivity contribution in [1.29, 1.82) is 0 Å². The number of hydrazone groups is 1. The monoisotopic (exact) mass is 477 g/mol. The number of carbonyl (C=O) groups excluding carboxylic acids is 1. The van der Waals surface area contributed by atoms with Crippen molar-refractivity contribution in [2.24, 2.45) is 5.10 Å². The second-order valence-electron chi connectivity index (χ2n) is 7.56. The number of benzene rings is 2. The zero-order chi connectivity index (χ0) is 24.1. The van der Waals surface area contributed by atoms with Crippen molar-refractivity contribution < 1.29 is 9.42 Å². The minimum absolute atomic E-state index is 0.0395. The molecule has 0 saturated carbocycles. The highest BCUT2D eigenvalue weighted by Crippen LogP contribution is 2.26. The summed E-state index contributed by atoms with van der Waals surface area (Å²) in [6.45, 7) is 2.02. The first-order valence-electron chi connectivity index (χ1n) is 10.3. The molecule has 12 heteroatoms. The van der Waals surface area contributed by atoms with Gasteiger partial charge in [-0.25, -0.2) is 10.1 Å². The molecule has 3 N–H and O–H groups in total. The molecule has 0 spiro atoms. The van der Waals surface area contributed by atoms with Gasteiger partial charge in [0.05, 0.1) is 11.9 Å². The second-order valence-corrected chi connectivity index (χ2v) is 8.61. The third kappa shape index (κ3) is 5.23. The Labute approximate surface area is 200 Å². The van der Waals surface area contributed by atoms with Crippen LogP contribution in [0.15, 0.2) is 63.2 Å². The van der Waals surface area contributed by atoms with E-state index in [9.17, 15) is 4.79 Å². The SMILES string of the molecule is Cc1ccc(SCc2c(C(=O)N/N=C/c3ccc(N(C)C)cc3)nnn2-c2nonc2N)cc1. The fourth-order valence-corrected chi connectivity index (χ4v) is 3.87. The maximum Gasteiger partial charge on any atom is 0.293 e. The number of aromatic nitrogens is 5. The lowest BCUT2D eigenvalue weighted by Crippen LogP contribution is -2.20. The number of nitrogens with one attached hydrogen (secondary N) is 1. The number of rotatable bonds is 8. The van der Waals surface area contributed by atoms with E-state index in [2.05, 4.69) is 35.8 Å². The summed E-state index contributed by atoms with van der Waals surface area (Å²) in [7, 11) is 3.93. The van der Waals surface area contributed by atoms with E-state index in [0.717, 1.165) is 21.7 Å². The van der Waals surface area contributed by atoms with Crippen LogP contribution >= 0.6 is 11.8 Å². The van der Waals surface area contributed by atoms with Crippen molar-refractivity contribution in [3.8, 4) is 5.82 Å². The standard InChI is InChI=1S/C22H23N9O2S/c1-14-4-10-17(11-5-14)34-13-18-19(25-29-31(18)21-20(23)27-33-28-21)22(32)26-24-12-15-6-8-16(9-7-15)30(2)3/h4-12H,13H2,1-3H3,(H2,23,27)(H,26,32)/b24-12+. The van der Waals surface area contributed by atoms with Crippen LogP contribution in [0.5, 0.6) is 0 Å². The van der Waals surface area contributed by atoms with Gasteiger partial charge in [-0.3, -0.25) is 4.79 Å². The molecule has 0 aliphatic carbocycles. The molecule has 0 radical (unpaired) electrons. The number of carbonyl (C=O) groups is 1. The molecule has 4 aromatic rings. The normalized spacial score (nSPS) is 11.1. The van der Waals surface area contributed by atoms with Gasteiger partial charge in [-0.05, 0) is 47.1 Å². The first kappa shape index (κ1) is 23.0. The molecule has 11 nitrogen and oxygen atoms in total. The molecule has 0 unspecified atom stereocenters. The summed E-state index contributed by atoms with van der Waals surface area (Å²) < 4.78 is 6.04. The van der Waals surface area contributed by atoms with Gasteiger partial charge in [0, 0.05) is 30.4 Å². The summed E-state index contributed by atoms with van der Waals surface area (Å²) >= 11 is 1.52. The highest BCUT2D eigenvalue weighted by atomic mass is 32.2. The molecule has 4 rings (SSSR count). The highest BCUT2D eigenvalue weighted by molar-refractivity contribution is 7.98. The number of hydrogen-bond donors (Lipinski definition) is 2. The number of amides is 1. The Morgan fingerprint density at radius 3 is 2.56 bits per heavy atom. The van der Waals surface area contributed by atoms with Crippen LogP contribution in [0.1, 0.15) is 27.3 Å². The molecule has 2 aromatic carbocycles. The predicted molar refractivity (Wildman–Crippen MR) is 130 cm³/mol. The number of thioether (sulfide) groups is 1. The van der Waals surface area contributed by atoms with E-state index in [0.29, 0.717) is 11.4 Å². The number of nitrogens with zero attached hydrogens (tertiary/aromatic N) is 7. The fourth-order valence-electron chi connectivity index (χ4n) is 2.98. The van der Waals surface area contributed by atoms with Gasteiger partial charge >= 0.3 is 0 Å². The van der Waals surface area contributed by atoms with Crippen LogP contribution in [-0.4, -0.2) is 51.5 Å². The van der Waals surface area contributed by atoms with E-state index in [1.807, 2.05) is 74.4 Å². The molecule has 1 amide bonds. The Hall–Kier alpha value is -4.19. The molecule has 174 valence electrons. The van der Waals surface area contributed by atoms with Crippen LogP contribution in [0.4, 0.5) is 11.5 Å². The summed E-state index contributed by atoms with van der Waals surface area (Å²) in [6, 6.07) is 15.8. The van der Waals surface area contributed by atoms with Crippen molar-refractivity contribution in [1.82, 2.24) is 30.7 Å². The number of nitrogens with two attached hydrogens (primary N) is 1. The van der Waals surface area contributed by atoms with Crippen LogP contribution in [0.25, 0.3) is 5.82 Å². The van der Waals surface area contributed by atoms with Gasteiger partial charge in [0.2, 0.25) is 11.6 Å². The first-order valence-corrected chi connectivity index (χ1v) is 11.2. The quantitative estimate of drug-likeness (QED) is 0.223. The van der Waals surface area contributed by atoms with Crippen LogP contribution in [-0.2, 0) is 5.75 Å². The summed E-state index contributed by atoms with van der Waals surface area (Å²) in [6.07, 6.45) is 1.56. The summed E-state index contributed by atoms with van der Waals surface area (Å²) in [5, 5.41) is 19.5. The molecule has 2 aromatic heterocycles. The number of anilines is 2. The topological polar surface area (TPSA) is 140 Å². The average molecular weight is 478 g/mol. The van der Waals surface area contributed by atoms with E-state index in [4.69, 9.17) is 5.73 Å². The molecule has 0 aliphatic heterocycles. The Kier molecular flexibility index (Phi) is 6.87. The number of aryl methyl sites for hydroxylation is 1. The smallest absolute Gasteiger partial charge is 0.293 e. The van der Waals surface area contributed by atoms with Gasteiger partial charge in [-0.15, -0.1) is 16.9 Å². The zero-order valence-electron chi connectivity index (χ0n) is 18.8. The van der Waals surface area contributed by atoms with Crippen molar-refractivity contribution in [2.45, 2.75) is 17.6 Å². The third-order valence-electron chi connectivity index (χ3n) is 4.86. The molecule has 0 fully saturated rings. The van der Waals surface area contributed by atoms with Crippen LogP contribution in [0, 0.1) is 6.92 Å². The fraction of sp³-hybridized carbons (Fsp3) is 0.182. The minimum Gasteiger partial charge on any atom is -0.378 e. The lowest BCUT2D eigenvalue weighted by Gasteiger charge is -2.11. The lowest BCUT2D eigenvalue weighted by molar-refractivity contribution is 0.0949. The molecule has 0 bridgehead atoms. The van der Waals surface area contributed by atoms with Crippen molar-refractivity contribution >= 4 is 35.4 Å². The minimum atomic E-state index is -0.512. The maximum atomic E-state index is 12.9. The van der Waals surface area contributed by atoms with Gasteiger partial charge < -0.3 is 10.6 Å². The average Bonchev–Trinajstić information content (AvgIpc) is 3.44. The number of nitrogen functional groups attached to an aromatic ring is 1. The maximum absolute atomic E-state index is 12.9. The van der Waals surface area contributed by atoms with E-state index in [-0.39, 0.29) is 17.3 Å². The van der Waals surface area contributed by atoms with Crippen molar-refractivity contribution in [3.05, 3.63) is 71.0 Å². The second kappa shape index (κ2) is 10.2. The molecule has 34 heavy (non-hydrogen) atoms. The molecule has 0 saturated heterocycles. The van der Waals surface area contributed by atoms with Crippen LogP contribution in [0.2, 0.25) is 0 Å². The van der Waals surface area contributed by atoms with Crippen molar-refractivity contribution in [2.75, 3.05) is 24.7 Å². The van der Waals surface area contributed by atoms with Crippen LogP contribution < -0.4 is 16.1 Å². The van der Waals surface area contributed by atoms with Gasteiger partial charge in [0.15, 0.2) is 5.69 Å². The first-order chi connectivity index (χ1) is 16.4. The zero-order valence-corrected chi connectivity index (χ0v) is 19.7. The third-order valence-corrected chi connectivity index (χ3v) is 5.88. The molecular weight excluding hydrogens is 454 g/mol. The van der Waals surface area contributed by atoms with Gasteiger partial charge in [-0.2, -0.15) is 9.78 Å². The summed E-state index contributed by atoms with van der Waals surface area (Å²) in [4.78, 5) is 15.9. The van der Waals surface area contributed by atoms with E-state index in [1.165, 1.54) is 16.4 Å². The Morgan fingerprint density at radius 2 is 1.91 bits per heavy atom. The Balaban J connectivity index is 1.53. The Bertz CT molecular complexity index is 1290. The van der Waals surface area contributed by atoms with Crippen LogP contribution in [0.3, 0.4) is 0 Å². The van der Waals surface area contributed by atoms with E-state index in [1.54, 1.807) is 6.21 Å². The molecule has 0 atom stereocenters. The molecule has 0 aliphatic rings. The van der Waals surface area contributed by atoms with E-state index < -0.39 is 5.91 Å². The summed E-state index contributed by atoms with van der Waals surface area (Å²) in [5.74, 6) is 0.0657. The largest absolute Gasteiger partial charge is 0.378 e. The van der Waals surface area contributed by atoms with Crippen molar-refractivity contribution in [3.63, 3.8) is 0 Å². The lowest BCUT2D eigenvalue weighted by atomic mass is 10.2. The number of hydrogen-bond acceptors (Lipinski definition) is 10. The van der Waals surface area contributed by atoms with Gasteiger partial charge in [0.25, 0.3) is 5.91 Å². The molecular formula is C22H23N9O2S. The van der Waals surface area contributed by atoms with E-state index >= 15 is 0 Å². The molecule has 2 heterocycles. The van der Waals surface area contributed by atoms with Gasteiger partial charge in [0.1, 0.15) is 0 Å². The predicted octanol–water partition coefficient (Wildman–Crippen LogP) is 2.66. The summed E-state index contributed by atoms with van der Waals surface area (Å²) in [5.41, 5.74) is 12.0. The van der Waals surface area contributed by atoms with Gasteiger partial charge in [-0.1, -0.05) is 35.0 Å². The Morgan fingerprint density at radius 1 is 1.18 bits per heavy atom. The highest BCUT2D eigenvalue weighted by Gasteiger charge is 2.24.